The minimum atomic E-state index is 0.253. The zero-order valence-electron chi connectivity index (χ0n) is 10.1. The summed E-state index contributed by atoms with van der Waals surface area (Å²) in [7, 11) is 1.96. The van der Waals surface area contributed by atoms with E-state index in [9.17, 15) is 0 Å². The van der Waals surface area contributed by atoms with Crippen molar-refractivity contribution < 1.29 is 4.74 Å². The van der Waals surface area contributed by atoms with Crippen LogP contribution in [-0.2, 0) is 11.8 Å². The number of hydrogen-bond acceptors (Lipinski definition) is 3. The van der Waals surface area contributed by atoms with Gasteiger partial charge < -0.3 is 10.1 Å². The largest absolute Gasteiger partial charge is 0.380 e. The molecule has 1 aromatic rings. The number of nitrogens with zero attached hydrogens (tertiary/aromatic N) is 2. The fourth-order valence-corrected chi connectivity index (χ4v) is 1.60. The van der Waals surface area contributed by atoms with E-state index in [1.54, 1.807) is 0 Å². The average Bonchev–Trinajstić information content (AvgIpc) is 2.55. The van der Waals surface area contributed by atoms with E-state index in [1.165, 1.54) is 11.3 Å². The molecule has 4 heteroatoms. The van der Waals surface area contributed by atoms with Crippen LogP contribution >= 0.6 is 0 Å². The smallest absolute Gasteiger partial charge is 0.0662 e. The van der Waals surface area contributed by atoms with E-state index in [0.717, 1.165) is 13.2 Å². The SMILES string of the molecule is CCNC(COCC)c1cnn(C)c1C. The monoisotopic (exact) mass is 211 g/mol. The van der Waals surface area contributed by atoms with Gasteiger partial charge in [-0.1, -0.05) is 6.92 Å². The van der Waals surface area contributed by atoms with Crippen LogP contribution in [0.2, 0.25) is 0 Å². The Morgan fingerprint density at radius 2 is 2.27 bits per heavy atom. The van der Waals surface area contributed by atoms with Crippen LogP contribution in [-0.4, -0.2) is 29.5 Å². The zero-order valence-corrected chi connectivity index (χ0v) is 10.1. The highest BCUT2D eigenvalue weighted by atomic mass is 16.5. The van der Waals surface area contributed by atoms with Gasteiger partial charge in [0.25, 0.3) is 0 Å². The first-order valence-corrected chi connectivity index (χ1v) is 5.50. The van der Waals surface area contributed by atoms with Gasteiger partial charge in [0.1, 0.15) is 0 Å². The molecule has 0 aliphatic carbocycles. The Hall–Kier alpha value is -0.870. The summed E-state index contributed by atoms with van der Waals surface area (Å²) in [6.07, 6.45) is 1.92. The van der Waals surface area contributed by atoms with Crippen molar-refractivity contribution in [2.24, 2.45) is 7.05 Å². The molecule has 1 atom stereocenters. The van der Waals surface area contributed by atoms with E-state index in [1.807, 2.05) is 24.9 Å². The predicted octanol–water partition coefficient (Wildman–Crippen LogP) is 1.42. The number of likely N-dealkylation sites (N-methyl/N-ethyl adjacent to an activating group) is 1. The Balaban J connectivity index is 2.74. The number of rotatable bonds is 6. The molecule has 1 heterocycles. The van der Waals surface area contributed by atoms with Gasteiger partial charge >= 0.3 is 0 Å². The number of aromatic nitrogens is 2. The van der Waals surface area contributed by atoms with Crippen molar-refractivity contribution in [1.29, 1.82) is 0 Å². The molecule has 0 aliphatic heterocycles. The molecular formula is C11H21N3O. The van der Waals surface area contributed by atoms with Crippen LogP contribution in [0.1, 0.15) is 31.1 Å². The van der Waals surface area contributed by atoms with Gasteiger partial charge in [-0.3, -0.25) is 4.68 Å². The highest BCUT2D eigenvalue weighted by Crippen LogP contribution is 2.16. The van der Waals surface area contributed by atoms with Crippen molar-refractivity contribution in [1.82, 2.24) is 15.1 Å². The summed E-state index contributed by atoms with van der Waals surface area (Å²) in [4.78, 5) is 0. The predicted molar refractivity (Wildman–Crippen MR) is 60.9 cm³/mol. The van der Waals surface area contributed by atoms with Crippen molar-refractivity contribution in [3.05, 3.63) is 17.5 Å². The molecule has 4 nitrogen and oxygen atoms in total. The standard InChI is InChI=1S/C11H21N3O/c1-5-12-11(8-15-6-2)10-7-13-14(4)9(10)3/h7,11-12H,5-6,8H2,1-4H3. The van der Waals surface area contributed by atoms with Crippen LogP contribution in [0.3, 0.4) is 0 Å². The number of ether oxygens (including phenoxy) is 1. The van der Waals surface area contributed by atoms with Crippen molar-refractivity contribution in [3.63, 3.8) is 0 Å². The lowest BCUT2D eigenvalue weighted by molar-refractivity contribution is 0.123. The summed E-state index contributed by atoms with van der Waals surface area (Å²) in [5.74, 6) is 0. The lowest BCUT2D eigenvalue weighted by atomic mass is 10.1. The molecule has 0 radical (unpaired) electrons. The Morgan fingerprint density at radius 1 is 1.53 bits per heavy atom. The highest BCUT2D eigenvalue weighted by Gasteiger charge is 2.15. The lowest BCUT2D eigenvalue weighted by Crippen LogP contribution is -2.25. The fraction of sp³-hybridized carbons (Fsp3) is 0.727. The molecule has 15 heavy (non-hydrogen) atoms. The topological polar surface area (TPSA) is 39.1 Å². The van der Waals surface area contributed by atoms with Crippen molar-refractivity contribution >= 4 is 0 Å². The summed E-state index contributed by atoms with van der Waals surface area (Å²) >= 11 is 0. The van der Waals surface area contributed by atoms with E-state index < -0.39 is 0 Å². The lowest BCUT2D eigenvalue weighted by Gasteiger charge is -2.17. The summed E-state index contributed by atoms with van der Waals surface area (Å²) in [6.45, 7) is 8.59. The molecule has 0 saturated carbocycles. The summed E-state index contributed by atoms with van der Waals surface area (Å²) in [6, 6.07) is 0.253. The van der Waals surface area contributed by atoms with Crippen molar-refractivity contribution in [2.75, 3.05) is 19.8 Å². The summed E-state index contributed by atoms with van der Waals surface area (Å²) in [5, 5.41) is 7.66. The quantitative estimate of drug-likeness (QED) is 0.773. The van der Waals surface area contributed by atoms with Gasteiger partial charge in [-0.15, -0.1) is 0 Å². The Bertz CT molecular complexity index is 296. The molecule has 0 aliphatic rings. The van der Waals surface area contributed by atoms with Gasteiger partial charge in [0, 0.05) is 24.9 Å². The minimum absolute atomic E-state index is 0.253. The first-order valence-electron chi connectivity index (χ1n) is 5.50. The molecule has 0 spiro atoms. The first-order chi connectivity index (χ1) is 7.20. The Morgan fingerprint density at radius 3 is 2.73 bits per heavy atom. The molecule has 0 amide bonds. The zero-order chi connectivity index (χ0) is 11.3. The molecular weight excluding hydrogens is 190 g/mol. The van der Waals surface area contributed by atoms with Crippen LogP contribution in [0.15, 0.2) is 6.20 Å². The molecule has 1 rings (SSSR count). The van der Waals surface area contributed by atoms with E-state index in [4.69, 9.17) is 4.74 Å². The third-order valence-corrected chi connectivity index (χ3v) is 2.59. The molecule has 86 valence electrons. The van der Waals surface area contributed by atoms with Gasteiger partial charge in [-0.05, 0) is 20.4 Å². The van der Waals surface area contributed by atoms with Gasteiger partial charge in [0.15, 0.2) is 0 Å². The van der Waals surface area contributed by atoms with Crippen LogP contribution in [0.25, 0.3) is 0 Å². The van der Waals surface area contributed by atoms with Crippen LogP contribution in [0.4, 0.5) is 0 Å². The fourth-order valence-electron chi connectivity index (χ4n) is 1.60. The molecule has 1 N–H and O–H groups in total. The van der Waals surface area contributed by atoms with Crippen LogP contribution < -0.4 is 5.32 Å². The van der Waals surface area contributed by atoms with Crippen molar-refractivity contribution in [2.45, 2.75) is 26.8 Å². The summed E-state index contributed by atoms with van der Waals surface area (Å²) < 4.78 is 7.36. The Labute approximate surface area is 91.6 Å². The third kappa shape index (κ3) is 3.04. The van der Waals surface area contributed by atoms with Gasteiger partial charge in [0.2, 0.25) is 0 Å². The van der Waals surface area contributed by atoms with E-state index in [2.05, 4.69) is 24.3 Å². The van der Waals surface area contributed by atoms with Crippen LogP contribution in [0.5, 0.6) is 0 Å². The first kappa shape index (κ1) is 12.2. The molecule has 0 aromatic carbocycles. The minimum Gasteiger partial charge on any atom is -0.380 e. The maximum absolute atomic E-state index is 5.47. The van der Waals surface area contributed by atoms with E-state index in [-0.39, 0.29) is 6.04 Å². The molecule has 0 saturated heterocycles. The van der Waals surface area contributed by atoms with Gasteiger partial charge in [-0.2, -0.15) is 5.10 Å². The molecule has 0 fully saturated rings. The molecule has 0 bridgehead atoms. The second-order valence-electron chi connectivity index (χ2n) is 3.58. The Kier molecular flexibility index (Phi) is 4.78. The highest BCUT2D eigenvalue weighted by molar-refractivity contribution is 5.20. The number of nitrogens with one attached hydrogen (secondary N) is 1. The second kappa shape index (κ2) is 5.88. The maximum atomic E-state index is 5.47. The van der Waals surface area contributed by atoms with Crippen molar-refractivity contribution in [3.8, 4) is 0 Å². The van der Waals surface area contributed by atoms with E-state index in [0.29, 0.717) is 6.61 Å². The molecule has 1 aromatic heterocycles. The van der Waals surface area contributed by atoms with Crippen LogP contribution in [0, 0.1) is 6.92 Å². The molecule has 1 unspecified atom stereocenters. The van der Waals surface area contributed by atoms with Gasteiger partial charge in [0.05, 0.1) is 18.8 Å². The maximum Gasteiger partial charge on any atom is 0.0662 e. The average molecular weight is 211 g/mol. The number of aryl methyl sites for hydroxylation is 1. The normalized spacial score (nSPS) is 13.1. The van der Waals surface area contributed by atoms with E-state index >= 15 is 0 Å². The van der Waals surface area contributed by atoms with Gasteiger partial charge in [-0.25, -0.2) is 0 Å². The summed E-state index contributed by atoms with van der Waals surface area (Å²) in [5.41, 5.74) is 2.42. The second-order valence-corrected chi connectivity index (χ2v) is 3.58. The third-order valence-electron chi connectivity index (χ3n) is 2.59. The number of hydrogen-bond donors (Lipinski definition) is 1.